The minimum absolute atomic E-state index is 0.114. The Morgan fingerprint density at radius 1 is 0.923 bits per heavy atom. The second-order valence-electron chi connectivity index (χ2n) is 5.86. The fourth-order valence-corrected chi connectivity index (χ4v) is 2.75. The van der Waals surface area contributed by atoms with Crippen molar-refractivity contribution in [2.24, 2.45) is 0 Å². The van der Waals surface area contributed by atoms with Crippen LogP contribution in [0.4, 0.5) is 23.0 Å². The number of benzene rings is 2. The van der Waals surface area contributed by atoms with Crippen molar-refractivity contribution in [3.63, 3.8) is 0 Å². The van der Waals surface area contributed by atoms with E-state index in [4.69, 9.17) is 0 Å². The molecule has 0 saturated carbocycles. The third-order valence-electron chi connectivity index (χ3n) is 4.05. The minimum atomic E-state index is -0.425. The number of hydrogen-bond acceptors (Lipinski definition) is 6. The van der Waals surface area contributed by atoms with E-state index in [1.54, 1.807) is 23.9 Å². The lowest BCUT2D eigenvalue weighted by Crippen LogP contribution is -2.21. The van der Waals surface area contributed by atoms with Gasteiger partial charge in [0.1, 0.15) is 6.33 Å². The summed E-state index contributed by atoms with van der Waals surface area (Å²) in [5.74, 6) is 0.540. The molecule has 0 radical (unpaired) electrons. The molecule has 0 bridgehead atoms. The van der Waals surface area contributed by atoms with Gasteiger partial charge < -0.3 is 9.80 Å². The highest BCUT2D eigenvalue weighted by molar-refractivity contribution is 5.75. The van der Waals surface area contributed by atoms with Gasteiger partial charge in [-0.05, 0) is 17.7 Å². The molecule has 0 unspecified atom stereocenters. The number of rotatable bonds is 6. The summed E-state index contributed by atoms with van der Waals surface area (Å²) in [4.78, 5) is 23.2. The smallest absolute Gasteiger partial charge is 0.349 e. The number of nitro groups is 1. The number of anilines is 3. The molecule has 3 rings (SSSR count). The first-order valence-electron chi connectivity index (χ1n) is 8.11. The summed E-state index contributed by atoms with van der Waals surface area (Å²) >= 11 is 0. The van der Waals surface area contributed by atoms with Gasteiger partial charge in [-0.1, -0.05) is 48.5 Å². The van der Waals surface area contributed by atoms with E-state index in [2.05, 4.69) is 9.97 Å². The van der Waals surface area contributed by atoms with E-state index in [0.717, 1.165) is 11.3 Å². The summed E-state index contributed by atoms with van der Waals surface area (Å²) in [6.45, 7) is 0.507. The number of hydrogen-bond donors (Lipinski definition) is 0. The highest BCUT2D eigenvalue weighted by Crippen LogP contribution is 2.36. The Kier molecular flexibility index (Phi) is 5.07. The molecule has 0 aliphatic rings. The largest absolute Gasteiger partial charge is 0.353 e. The average molecular weight is 349 g/mol. The van der Waals surface area contributed by atoms with Crippen molar-refractivity contribution in [1.29, 1.82) is 0 Å². The molecule has 0 saturated heterocycles. The van der Waals surface area contributed by atoms with Crippen molar-refractivity contribution in [3.8, 4) is 0 Å². The molecule has 0 amide bonds. The molecule has 132 valence electrons. The van der Waals surface area contributed by atoms with Crippen LogP contribution in [0.5, 0.6) is 0 Å². The van der Waals surface area contributed by atoms with Crippen molar-refractivity contribution >= 4 is 23.0 Å². The van der Waals surface area contributed by atoms with Gasteiger partial charge in [0.25, 0.3) is 0 Å². The van der Waals surface area contributed by atoms with Crippen LogP contribution in [0.2, 0.25) is 0 Å². The summed E-state index contributed by atoms with van der Waals surface area (Å²) in [7, 11) is 3.54. The maximum atomic E-state index is 11.8. The number of nitrogens with zero attached hydrogens (tertiary/aromatic N) is 5. The molecule has 7 heteroatoms. The van der Waals surface area contributed by atoms with Crippen LogP contribution in [0, 0.1) is 10.1 Å². The molecule has 3 aromatic rings. The number of aromatic nitrogens is 2. The normalized spacial score (nSPS) is 10.4. The van der Waals surface area contributed by atoms with E-state index < -0.39 is 4.92 Å². The topological polar surface area (TPSA) is 75.4 Å². The quantitative estimate of drug-likeness (QED) is 0.498. The van der Waals surface area contributed by atoms with E-state index in [1.165, 1.54) is 6.33 Å². The lowest BCUT2D eigenvalue weighted by Gasteiger charge is -2.22. The van der Waals surface area contributed by atoms with Crippen LogP contribution in [-0.4, -0.2) is 29.0 Å². The van der Waals surface area contributed by atoms with Gasteiger partial charge >= 0.3 is 5.69 Å². The highest BCUT2D eigenvalue weighted by Gasteiger charge is 2.28. The van der Waals surface area contributed by atoms with Gasteiger partial charge in [-0.2, -0.15) is 0 Å². The first-order chi connectivity index (χ1) is 12.6. The van der Waals surface area contributed by atoms with Crippen molar-refractivity contribution in [2.45, 2.75) is 6.54 Å². The van der Waals surface area contributed by atoms with Crippen LogP contribution in [0.1, 0.15) is 5.56 Å². The molecule has 0 aliphatic heterocycles. The predicted octanol–water partition coefficient (Wildman–Crippen LogP) is 3.79. The van der Waals surface area contributed by atoms with E-state index in [-0.39, 0.29) is 17.3 Å². The zero-order valence-corrected chi connectivity index (χ0v) is 14.6. The molecular formula is C19H19N5O2. The number of para-hydroxylation sites is 1. The Morgan fingerprint density at radius 3 is 2.12 bits per heavy atom. The lowest BCUT2D eigenvalue weighted by molar-refractivity contribution is -0.383. The molecule has 1 heterocycles. The lowest BCUT2D eigenvalue weighted by atomic mass is 10.2. The zero-order valence-electron chi connectivity index (χ0n) is 14.6. The average Bonchev–Trinajstić information content (AvgIpc) is 2.68. The highest BCUT2D eigenvalue weighted by atomic mass is 16.6. The van der Waals surface area contributed by atoms with Crippen LogP contribution >= 0.6 is 0 Å². The standard InChI is InChI=1S/C19H19N5O2/c1-22(13-15-9-5-3-6-10-15)18-17(24(25)26)19(21-14-20-18)23(2)16-11-7-4-8-12-16/h3-12,14H,13H2,1-2H3. The SMILES string of the molecule is CN(Cc1ccccc1)c1ncnc(N(C)c2ccccc2)c1[N+](=O)[O-]. The van der Waals surface area contributed by atoms with Gasteiger partial charge in [0.05, 0.1) is 4.92 Å². The van der Waals surface area contributed by atoms with Crippen LogP contribution < -0.4 is 9.80 Å². The van der Waals surface area contributed by atoms with Crippen LogP contribution in [0.3, 0.4) is 0 Å². The molecule has 0 fully saturated rings. The molecule has 0 atom stereocenters. The molecule has 2 aromatic carbocycles. The first-order valence-corrected chi connectivity index (χ1v) is 8.11. The molecule has 7 nitrogen and oxygen atoms in total. The van der Waals surface area contributed by atoms with Crippen LogP contribution in [-0.2, 0) is 6.54 Å². The van der Waals surface area contributed by atoms with E-state index in [0.29, 0.717) is 6.54 Å². The van der Waals surface area contributed by atoms with Crippen LogP contribution in [0.25, 0.3) is 0 Å². The molecule has 1 aromatic heterocycles. The van der Waals surface area contributed by atoms with Crippen molar-refractivity contribution in [2.75, 3.05) is 23.9 Å². The fourth-order valence-electron chi connectivity index (χ4n) is 2.75. The second kappa shape index (κ2) is 7.60. The Labute approximate surface area is 151 Å². The van der Waals surface area contributed by atoms with Crippen LogP contribution in [0.15, 0.2) is 67.0 Å². The monoisotopic (exact) mass is 349 g/mol. The molecular weight excluding hydrogens is 330 g/mol. The third kappa shape index (κ3) is 3.61. The van der Waals surface area contributed by atoms with E-state index >= 15 is 0 Å². The van der Waals surface area contributed by atoms with Gasteiger partial charge in [0, 0.05) is 26.3 Å². The van der Waals surface area contributed by atoms with Gasteiger partial charge in [-0.15, -0.1) is 0 Å². The maximum absolute atomic E-state index is 11.8. The maximum Gasteiger partial charge on any atom is 0.353 e. The van der Waals surface area contributed by atoms with Crippen molar-refractivity contribution < 1.29 is 4.92 Å². The Hall–Kier alpha value is -3.48. The van der Waals surface area contributed by atoms with Gasteiger partial charge in [0.15, 0.2) is 0 Å². The molecule has 0 spiro atoms. The molecule has 0 aliphatic carbocycles. The molecule has 26 heavy (non-hydrogen) atoms. The Bertz CT molecular complexity index is 887. The summed E-state index contributed by atoms with van der Waals surface area (Å²) in [6.07, 6.45) is 1.36. The summed E-state index contributed by atoms with van der Waals surface area (Å²) < 4.78 is 0. The fraction of sp³-hybridized carbons (Fsp3) is 0.158. The van der Waals surface area contributed by atoms with E-state index in [1.807, 2.05) is 60.7 Å². The second-order valence-corrected chi connectivity index (χ2v) is 5.86. The summed E-state index contributed by atoms with van der Waals surface area (Å²) in [5.41, 5.74) is 1.74. The van der Waals surface area contributed by atoms with Crippen molar-refractivity contribution in [3.05, 3.63) is 82.7 Å². The third-order valence-corrected chi connectivity index (χ3v) is 4.05. The predicted molar refractivity (Wildman–Crippen MR) is 102 cm³/mol. The Balaban J connectivity index is 2.00. The zero-order chi connectivity index (χ0) is 18.5. The van der Waals surface area contributed by atoms with Gasteiger partial charge in [-0.3, -0.25) is 10.1 Å². The van der Waals surface area contributed by atoms with Gasteiger partial charge in [-0.25, -0.2) is 9.97 Å². The van der Waals surface area contributed by atoms with Gasteiger partial charge in [0.2, 0.25) is 11.6 Å². The minimum Gasteiger partial charge on any atom is -0.349 e. The summed E-state index contributed by atoms with van der Waals surface area (Å²) in [6, 6.07) is 19.1. The molecule has 0 N–H and O–H groups in total. The van der Waals surface area contributed by atoms with Crippen molar-refractivity contribution in [1.82, 2.24) is 9.97 Å². The first kappa shape index (κ1) is 17.3. The summed E-state index contributed by atoms with van der Waals surface area (Å²) in [5, 5.41) is 11.8. The van der Waals surface area contributed by atoms with E-state index in [9.17, 15) is 10.1 Å². The Morgan fingerprint density at radius 2 is 1.50 bits per heavy atom.